The van der Waals surface area contributed by atoms with Crippen LogP contribution in [0.4, 0.5) is 0 Å². The quantitative estimate of drug-likeness (QED) is 0.861. The van der Waals surface area contributed by atoms with Crippen LogP contribution in [0.15, 0.2) is 0 Å². The van der Waals surface area contributed by atoms with Gasteiger partial charge >= 0.3 is 0 Å². The third kappa shape index (κ3) is 2.84. The normalized spacial score (nSPS) is 21.1. The van der Waals surface area contributed by atoms with Crippen molar-refractivity contribution in [3.8, 4) is 0 Å². The van der Waals surface area contributed by atoms with Crippen LogP contribution in [0.5, 0.6) is 0 Å². The summed E-state index contributed by atoms with van der Waals surface area (Å²) in [7, 11) is 0. The number of hydrogen-bond acceptors (Lipinski definition) is 4. The van der Waals surface area contributed by atoms with Gasteiger partial charge in [-0.3, -0.25) is 0 Å². The van der Waals surface area contributed by atoms with E-state index in [2.05, 4.69) is 28.6 Å². The molecule has 1 saturated heterocycles. The molecular formula is C12H22N4O. The van der Waals surface area contributed by atoms with E-state index in [-0.39, 0.29) is 0 Å². The first-order valence-electron chi connectivity index (χ1n) is 6.46. The van der Waals surface area contributed by atoms with Crippen molar-refractivity contribution in [2.24, 2.45) is 5.73 Å². The van der Waals surface area contributed by atoms with Gasteiger partial charge in [0.05, 0.1) is 12.6 Å². The van der Waals surface area contributed by atoms with Crippen LogP contribution in [0.1, 0.15) is 50.8 Å². The second-order valence-electron chi connectivity index (χ2n) is 4.89. The van der Waals surface area contributed by atoms with Crippen LogP contribution in [0.25, 0.3) is 0 Å². The molecule has 0 aliphatic carbocycles. The van der Waals surface area contributed by atoms with E-state index in [0.29, 0.717) is 18.7 Å². The van der Waals surface area contributed by atoms with Crippen LogP contribution in [-0.4, -0.2) is 27.5 Å². The average Bonchev–Trinajstić information content (AvgIpc) is 2.73. The summed E-state index contributed by atoms with van der Waals surface area (Å²) in [5.74, 6) is 1.87. The smallest absolute Gasteiger partial charge is 0.147 e. The van der Waals surface area contributed by atoms with Crippen molar-refractivity contribution in [2.45, 2.75) is 58.2 Å². The minimum absolute atomic E-state index is 0.302. The molecule has 1 unspecified atom stereocenters. The summed E-state index contributed by atoms with van der Waals surface area (Å²) in [4.78, 5) is 0. The Morgan fingerprint density at radius 2 is 2.12 bits per heavy atom. The molecule has 0 amide bonds. The van der Waals surface area contributed by atoms with Crippen molar-refractivity contribution in [1.82, 2.24) is 14.8 Å². The third-order valence-corrected chi connectivity index (χ3v) is 3.22. The van der Waals surface area contributed by atoms with E-state index in [9.17, 15) is 0 Å². The molecule has 2 rings (SSSR count). The molecule has 5 nitrogen and oxygen atoms in total. The Morgan fingerprint density at radius 1 is 1.35 bits per heavy atom. The lowest BCUT2D eigenvalue weighted by Gasteiger charge is -2.23. The lowest BCUT2D eigenvalue weighted by atomic mass is 10.1. The molecule has 1 aromatic heterocycles. The highest BCUT2D eigenvalue weighted by Crippen LogP contribution is 2.19. The maximum atomic E-state index is 5.75. The molecular weight excluding hydrogens is 216 g/mol. The topological polar surface area (TPSA) is 66.0 Å². The fraction of sp³-hybridized carbons (Fsp3) is 0.833. The highest BCUT2D eigenvalue weighted by atomic mass is 16.5. The predicted molar refractivity (Wildman–Crippen MR) is 65.6 cm³/mol. The molecule has 0 spiro atoms. The Hall–Kier alpha value is -0.940. The van der Waals surface area contributed by atoms with E-state index in [1.54, 1.807) is 0 Å². The Labute approximate surface area is 102 Å². The van der Waals surface area contributed by atoms with Crippen molar-refractivity contribution in [2.75, 3.05) is 6.61 Å². The molecule has 0 aromatic carbocycles. The lowest BCUT2D eigenvalue weighted by molar-refractivity contribution is 0.0150. The molecule has 1 aliphatic heterocycles. The van der Waals surface area contributed by atoms with Gasteiger partial charge < -0.3 is 15.0 Å². The summed E-state index contributed by atoms with van der Waals surface area (Å²) >= 11 is 0. The second-order valence-corrected chi connectivity index (χ2v) is 4.89. The molecule has 5 heteroatoms. The Balaban J connectivity index is 2.11. The first-order valence-corrected chi connectivity index (χ1v) is 6.46. The minimum atomic E-state index is 0.302. The summed E-state index contributed by atoms with van der Waals surface area (Å²) in [5, 5.41) is 8.41. The van der Waals surface area contributed by atoms with Crippen LogP contribution < -0.4 is 5.73 Å². The van der Waals surface area contributed by atoms with Gasteiger partial charge in [0.25, 0.3) is 0 Å². The van der Waals surface area contributed by atoms with Gasteiger partial charge in [0.1, 0.15) is 11.6 Å². The first kappa shape index (κ1) is 12.5. The molecule has 1 aromatic rings. The largest absolute Gasteiger partial charge is 0.378 e. The van der Waals surface area contributed by atoms with Crippen molar-refractivity contribution >= 4 is 0 Å². The summed E-state index contributed by atoms with van der Waals surface area (Å²) in [6.45, 7) is 5.59. The molecule has 0 saturated carbocycles. The Bertz CT molecular complexity index is 355. The van der Waals surface area contributed by atoms with Gasteiger partial charge in [-0.1, -0.05) is 0 Å². The van der Waals surface area contributed by atoms with Crippen LogP contribution >= 0.6 is 0 Å². The van der Waals surface area contributed by atoms with Gasteiger partial charge in [-0.15, -0.1) is 10.2 Å². The van der Waals surface area contributed by atoms with Gasteiger partial charge in [0.2, 0.25) is 0 Å². The van der Waals surface area contributed by atoms with Crippen LogP contribution in [-0.2, 0) is 17.7 Å². The highest BCUT2D eigenvalue weighted by Gasteiger charge is 2.20. The zero-order chi connectivity index (χ0) is 12.3. The van der Waals surface area contributed by atoms with Gasteiger partial charge in [0, 0.05) is 19.1 Å². The van der Waals surface area contributed by atoms with Gasteiger partial charge in [0.15, 0.2) is 0 Å². The molecule has 1 fully saturated rings. The molecule has 2 heterocycles. The van der Waals surface area contributed by atoms with Crippen molar-refractivity contribution in [3.05, 3.63) is 11.6 Å². The van der Waals surface area contributed by atoms with E-state index in [0.717, 1.165) is 31.1 Å². The zero-order valence-electron chi connectivity index (χ0n) is 10.7. The van der Waals surface area contributed by atoms with E-state index < -0.39 is 0 Å². The van der Waals surface area contributed by atoms with E-state index in [4.69, 9.17) is 10.5 Å². The number of ether oxygens (including phenoxy) is 1. The van der Waals surface area contributed by atoms with Crippen molar-refractivity contribution < 1.29 is 4.74 Å². The summed E-state index contributed by atoms with van der Waals surface area (Å²) in [6.07, 6.45) is 4.72. The van der Waals surface area contributed by atoms with Crippen LogP contribution in [0, 0.1) is 0 Å². The van der Waals surface area contributed by atoms with Gasteiger partial charge in [-0.2, -0.15) is 0 Å². The maximum absolute atomic E-state index is 5.75. The first-order chi connectivity index (χ1) is 8.22. The molecule has 0 bridgehead atoms. The number of nitrogens with zero attached hydrogens (tertiary/aromatic N) is 3. The maximum Gasteiger partial charge on any atom is 0.147 e. The summed E-state index contributed by atoms with van der Waals surface area (Å²) in [6, 6.07) is 0.349. The van der Waals surface area contributed by atoms with Crippen molar-refractivity contribution in [3.63, 3.8) is 0 Å². The van der Waals surface area contributed by atoms with Gasteiger partial charge in [-0.25, -0.2) is 0 Å². The minimum Gasteiger partial charge on any atom is -0.378 e. The Morgan fingerprint density at radius 3 is 2.71 bits per heavy atom. The van der Waals surface area contributed by atoms with E-state index in [1.807, 2.05) is 0 Å². The molecule has 17 heavy (non-hydrogen) atoms. The monoisotopic (exact) mass is 238 g/mol. The van der Waals surface area contributed by atoms with E-state index >= 15 is 0 Å². The molecule has 1 atom stereocenters. The molecule has 0 radical (unpaired) electrons. The van der Waals surface area contributed by atoms with Crippen LogP contribution in [0.3, 0.4) is 0 Å². The third-order valence-electron chi connectivity index (χ3n) is 3.22. The SMILES string of the molecule is CC(C)n1c(CN)nnc1CC1CCCCO1. The molecule has 2 N–H and O–H groups in total. The summed E-state index contributed by atoms with van der Waals surface area (Å²) < 4.78 is 7.88. The van der Waals surface area contributed by atoms with E-state index in [1.165, 1.54) is 12.8 Å². The Kier molecular flexibility index (Phi) is 4.12. The fourth-order valence-corrected chi connectivity index (χ4v) is 2.41. The molecule has 1 aliphatic rings. The number of rotatable bonds is 4. The number of aromatic nitrogens is 3. The van der Waals surface area contributed by atoms with Crippen molar-refractivity contribution in [1.29, 1.82) is 0 Å². The fourth-order valence-electron chi connectivity index (χ4n) is 2.41. The highest BCUT2D eigenvalue weighted by molar-refractivity contribution is 4.99. The summed E-state index contributed by atoms with van der Waals surface area (Å²) in [5.41, 5.74) is 5.68. The van der Waals surface area contributed by atoms with Gasteiger partial charge in [-0.05, 0) is 33.1 Å². The van der Waals surface area contributed by atoms with Crippen LogP contribution in [0.2, 0.25) is 0 Å². The molecule has 96 valence electrons. The standard InChI is InChI=1S/C12H22N4O/c1-9(2)16-11(14-15-12(16)8-13)7-10-5-3-4-6-17-10/h9-10H,3-8,13H2,1-2H3. The number of hydrogen-bond donors (Lipinski definition) is 1. The average molecular weight is 238 g/mol. The second kappa shape index (κ2) is 5.60. The lowest BCUT2D eigenvalue weighted by Crippen LogP contribution is -2.24. The number of nitrogens with two attached hydrogens (primary N) is 1. The zero-order valence-corrected chi connectivity index (χ0v) is 10.7. The predicted octanol–water partition coefficient (Wildman–Crippen LogP) is 1.43.